The first kappa shape index (κ1) is 17.7. The number of ketones is 1. The van der Waals surface area contributed by atoms with Crippen molar-refractivity contribution in [2.24, 2.45) is 5.41 Å². The van der Waals surface area contributed by atoms with Crippen LogP contribution in [0.5, 0.6) is 0 Å². The molecule has 1 heterocycles. The number of carbonyl (C=O) groups excluding carboxylic acids is 2. The predicted molar refractivity (Wildman–Crippen MR) is 95.9 cm³/mol. The number of hydrogen-bond donors (Lipinski definition) is 0. The first-order chi connectivity index (χ1) is 11.8. The van der Waals surface area contributed by atoms with Crippen molar-refractivity contribution in [3.8, 4) is 11.1 Å². The fourth-order valence-corrected chi connectivity index (χ4v) is 3.48. The molecule has 0 bridgehead atoms. The smallest absolute Gasteiger partial charge is 0.313 e. The summed E-state index contributed by atoms with van der Waals surface area (Å²) in [5, 5.41) is 0.612. The second-order valence-electron chi connectivity index (χ2n) is 7.13. The summed E-state index contributed by atoms with van der Waals surface area (Å²) in [4.78, 5) is 24.8. The summed E-state index contributed by atoms with van der Waals surface area (Å²) in [6.07, 6.45) is 1.13. The van der Waals surface area contributed by atoms with Gasteiger partial charge in [-0.15, -0.1) is 0 Å². The Kier molecular flexibility index (Phi) is 4.74. The van der Waals surface area contributed by atoms with Crippen LogP contribution in [0.1, 0.15) is 49.1 Å². The number of furan rings is 1. The molecule has 132 valence electrons. The molecule has 25 heavy (non-hydrogen) atoms. The zero-order chi connectivity index (χ0) is 18.2. The molecule has 0 unspecified atom stereocenters. The van der Waals surface area contributed by atoms with E-state index < -0.39 is 0 Å². The van der Waals surface area contributed by atoms with Crippen molar-refractivity contribution < 1.29 is 18.7 Å². The van der Waals surface area contributed by atoms with Crippen molar-refractivity contribution in [1.82, 2.24) is 0 Å². The van der Waals surface area contributed by atoms with E-state index in [0.717, 1.165) is 5.56 Å². The first-order valence-corrected chi connectivity index (χ1v) is 8.78. The third kappa shape index (κ3) is 3.64. The van der Waals surface area contributed by atoms with E-state index in [2.05, 4.69) is 0 Å². The molecule has 1 aromatic heterocycles. The molecular formula is C20H21ClO4. The highest BCUT2D eigenvalue weighted by atomic mass is 35.5. The van der Waals surface area contributed by atoms with Gasteiger partial charge >= 0.3 is 5.97 Å². The van der Waals surface area contributed by atoms with E-state index >= 15 is 0 Å². The molecule has 0 saturated heterocycles. The fourth-order valence-electron chi connectivity index (χ4n) is 3.36. The van der Waals surface area contributed by atoms with Crippen LogP contribution in [-0.4, -0.2) is 18.4 Å². The molecule has 0 aliphatic heterocycles. The zero-order valence-corrected chi connectivity index (χ0v) is 15.4. The second-order valence-corrected chi connectivity index (χ2v) is 7.56. The molecule has 0 radical (unpaired) electrons. The Balaban J connectivity index is 2.13. The molecule has 0 fully saturated rings. The monoisotopic (exact) mass is 360 g/mol. The Morgan fingerprint density at radius 2 is 1.88 bits per heavy atom. The second kappa shape index (κ2) is 6.68. The average Bonchev–Trinajstić information content (AvgIpc) is 2.85. The molecule has 0 saturated carbocycles. The summed E-state index contributed by atoms with van der Waals surface area (Å²) >= 11 is 5.98. The number of halogens is 1. The van der Waals surface area contributed by atoms with Crippen molar-refractivity contribution in [2.75, 3.05) is 6.61 Å². The van der Waals surface area contributed by atoms with E-state index in [1.165, 1.54) is 0 Å². The number of benzene rings is 1. The highest BCUT2D eigenvalue weighted by Gasteiger charge is 2.37. The Hall–Kier alpha value is -2.07. The lowest BCUT2D eigenvalue weighted by atomic mass is 9.75. The lowest BCUT2D eigenvalue weighted by molar-refractivity contribution is -0.142. The maximum absolute atomic E-state index is 12.8. The van der Waals surface area contributed by atoms with Gasteiger partial charge in [-0.1, -0.05) is 37.6 Å². The minimum Gasteiger partial charge on any atom is -0.466 e. The summed E-state index contributed by atoms with van der Waals surface area (Å²) in [6, 6.07) is 7.22. The van der Waals surface area contributed by atoms with Crippen LogP contribution in [0.2, 0.25) is 5.02 Å². The van der Waals surface area contributed by atoms with Gasteiger partial charge in [0.25, 0.3) is 0 Å². The maximum atomic E-state index is 12.8. The molecule has 1 aliphatic rings. The molecule has 0 amide bonds. The van der Waals surface area contributed by atoms with E-state index in [-0.39, 0.29) is 23.6 Å². The molecule has 5 heteroatoms. The van der Waals surface area contributed by atoms with Crippen molar-refractivity contribution >= 4 is 23.4 Å². The van der Waals surface area contributed by atoms with Gasteiger partial charge in [-0.25, -0.2) is 0 Å². The Morgan fingerprint density at radius 3 is 2.52 bits per heavy atom. The molecule has 0 spiro atoms. The van der Waals surface area contributed by atoms with E-state index in [9.17, 15) is 9.59 Å². The molecular weight excluding hydrogens is 340 g/mol. The molecule has 2 aromatic rings. The van der Waals surface area contributed by atoms with Gasteiger partial charge in [0.15, 0.2) is 5.78 Å². The highest BCUT2D eigenvalue weighted by Crippen LogP contribution is 2.42. The van der Waals surface area contributed by atoms with Gasteiger partial charge in [0.2, 0.25) is 0 Å². The maximum Gasteiger partial charge on any atom is 0.313 e. The summed E-state index contributed by atoms with van der Waals surface area (Å²) in [7, 11) is 0. The van der Waals surface area contributed by atoms with Gasteiger partial charge in [-0.05, 0) is 30.0 Å². The molecule has 0 N–H and O–H groups in total. The minimum atomic E-state index is -0.365. The quantitative estimate of drug-likeness (QED) is 0.730. The van der Waals surface area contributed by atoms with E-state index in [4.69, 9.17) is 20.8 Å². The van der Waals surface area contributed by atoms with Crippen LogP contribution >= 0.6 is 11.6 Å². The Labute approximate surface area is 152 Å². The topological polar surface area (TPSA) is 56.5 Å². The average molecular weight is 361 g/mol. The van der Waals surface area contributed by atoms with Gasteiger partial charge < -0.3 is 9.15 Å². The van der Waals surface area contributed by atoms with Crippen molar-refractivity contribution in [3.05, 3.63) is 46.4 Å². The molecule has 3 rings (SSSR count). The summed E-state index contributed by atoms with van der Waals surface area (Å²) in [6.45, 7) is 6.16. The number of ether oxygens (including phenoxy) is 1. The van der Waals surface area contributed by atoms with Gasteiger partial charge in [-0.3, -0.25) is 9.59 Å². The van der Waals surface area contributed by atoms with Gasteiger partial charge in [0.1, 0.15) is 17.9 Å². The van der Waals surface area contributed by atoms with Gasteiger partial charge in [-0.2, -0.15) is 0 Å². The molecule has 1 aromatic carbocycles. The van der Waals surface area contributed by atoms with Crippen molar-refractivity contribution in [2.45, 2.75) is 40.0 Å². The third-order valence-electron chi connectivity index (χ3n) is 4.35. The fraction of sp³-hybridized carbons (Fsp3) is 0.400. The van der Waals surface area contributed by atoms with E-state index in [1.54, 1.807) is 19.1 Å². The number of carbonyl (C=O) groups is 2. The molecule has 0 atom stereocenters. The van der Waals surface area contributed by atoms with Crippen LogP contribution in [0, 0.1) is 5.41 Å². The minimum absolute atomic E-state index is 0.00646. The Bertz CT molecular complexity index is 815. The third-order valence-corrected chi connectivity index (χ3v) is 4.61. The molecule has 1 aliphatic carbocycles. The van der Waals surface area contributed by atoms with Crippen molar-refractivity contribution in [1.29, 1.82) is 0 Å². The summed E-state index contributed by atoms with van der Waals surface area (Å²) < 4.78 is 11.0. The lowest BCUT2D eigenvalue weighted by Crippen LogP contribution is -2.26. The zero-order valence-electron chi connectivity index (χ0n) is 14.6. The van der Waals surface area contributed by atoms with Crippen molar-refractivity contribution in [3.63, 3.8) is 0 Å². The first-order valence-electron chi connectivity index (χ1n) is 8.40. The number of Topliss-reactive ketones (excluding diaryl/α,β-unsaturated/α-hetero) is 1. The van der Waals surface area contributed by atoms with Crippen LogP contribution in [-0.2, 0) is 22.4 Å². The lowest BCUT2D eigenvalue weighted by Gasteiger charge is -2.27. The van der Waals surface area contributed by atoms with Crippen LogP contribution in [0.25, 0.3) is 11.1 Å². The summed E-state index contributed by atoms with van der Waals surface area (Å²) in [5.41, 5.74) is 1.96. The standard InChI is InChI=1S/C20H21ClO4/c1-4-24-17(23)9-15-18(12-5-7-13(21)8-6-12)19-14(22)10-20(2,3)11-16(19)25-15/h5-8H,4,9-11H2,1-3H3. The molecule has 4 nitrogen and oxygen atoms in total. The van der Waals surface area contributed by atoms with Gasteiger partial charge in [0, 0.05) is 23.4 Å². The van der Waals surface area contributed by atoms with Crippen LogP contribution in [0.4, 0.5) is 0 Å². The largest absolute Gasteiger partial charge is 0.466 e. The van der Waals surface area contributed by atoms with E-state index in [0.29, 0.717) is 47.1 Å². The number of hydrogen-bond acceptors (Lipinski definition) is 4. The highest BCUT2D eigenvalue weighted by molar-refractivity contribution is 6.30. The Morgan fingerprint density at radius 1 is 1.20 bits per heavy atom. The number of fused-ring (bicyclic) bond motifs is 1. The number of esters is 1. The predicted octanol–water partition coefficient (Wildman–Crippen LogP) is 4.86. The van der Waals surface area contributed by atoms with Crippen LogP contribution in [0.3, 0.4) is 0 Å². The van der Waals surface area contributed by atoms with Crippen LogP contribution < -0.4 is 0 Å². The SMILES string of the molecule is CCOC(=O)Cc1oc2c(c1-c1ccc(Cl)cc1)C(=O)CC(C)(C)C2. The van der Waals surface area contributed by atoms with E-state index in [1.807, 2.05) is 26.0 Å². The van der Waals surface area contributed by atoms with Crippen LogP contribution in [0.15, 0.2) is 28.7 Å². The summed E-state index contributed by atoms with van der Waals surface area (Å²) in [5.74, 6) is 0.827. The normalized spacial score (nSPS) is 15.8. The van der Waals surface area contributed by atoms with Gasteiger partial charge in [0.05, 0.1) is 12.2 Å². The number of rotatable bonds is 4.